The average molecular weight is 485 g/mol. The average Bonchev–Trinajstić information content (AvgIpc) is 3.47. The highest BCUT2D eigenvalue weighted by Gasteiger charge is 2.24. The molecule has 34 heavy (non-hydrogen) atoms. The smallest absolute Gasteiger partial charge is 0.141 e. The first kappa shape index (κ1) is 22.4. The molecule has 0 aliphatic rings. The Kier molecular flexibility index (Phi) is 5.54. The number of fused-ring (bicyclic) bond motifs is 6. The number of aliphatic hydroxyl groups is 1. The van der Waals surface area contributed by atoms with Crippen LogP contribution in [0.2, 0.25) is 4.34 Å². The van der Waals surface area contributed by atoms with Gasteiger partial charge in [-0.3, -0.25) is 0 Å². The highest BCUT2D eigenvalue weighted by Crippen LogP contribution is 2.42. The standard InChI is InChI=1S/C27H21ClN4OS/c1-3-27(33,4-2)12-15-8-9-18-19(10-15)20-11-21(28)34-25(20)24-23(18)31-26(32-24)22-16(13-29)6-5-7-17(22)14-30/h5-11,33H,3-4,12H2,1-2H3,(H,31,32). The quantitative estimate of drug-likeness (QED) is 0.278. The van der Waals surface area contributed by atoms with Gasteiger partial charge in [-0.25, -0.2) is 4.98 Å². The van der Waals surface area contributed by atoms with Crippen molar-refractivity contribution in [1.82, 2.24) is 9.97 Å². The van der Waals surface area contributed by atoms with Crippen molar-refractivity contribution in [3.63, 3.8) is 0 Å². The number of benzene rings is 3. The van der Waals surface area contributed by atoms with E-state index in [0.717, 1.165) is 37.5 Å². The molecule has 2 N–H and O–H groups in total. The zero-order chi connectivity index (χ0) is 24.0. The van der Waals surface area contributed by atoms with Gasteiger partial charge in [0.1, 0.15) is 5.82 Å². The van der Waals surface area contributed by atoms with Gasteiger partial charge in [0, 0.05) is 17.2 Å². The Morgan fingerprint density at radius 2 is 1.74 bits per heavy atom. The molecule has 5 aromatic rings. The normalized spacial score (nSPS) is 11.8. The van der Waals surface area contributed by atoms with Crippen LogP contribution >= 0.6 is 22.9 Å². The molecule has 2 heterocycles. The Morgan fingerprint density at radius 3 is 2.38 bits per heavy atom. The molecule has 0 bridgehead atoms. The largest absolute Gasteiger partial charge is 0.390 e. The van der Waals surface area contributed by atoms with Crippen LogP contribution in [-0.2, 0) is 6.42 Å². The maximum Gasteiger partial charge on any atom is 0.141 e. The summed E-state index contributed by atoms with van der Waals surface area (Å²) in [6, 6.07) is 17.6. The summed E-state index contributed by atoms with van der Waals surface area (Å²) < 4.78 is 1.64. The topological polar surface area (TPSA) is 96.5 Å². The Hall–Kier alpha value is -3.42. The number of rotatable bonds is 5. The molecule has 0 unspecified atom stereocenters. The minimum atomic E-state index is -0.739. The molecular formula is C27H21ClN4OS. The molecule has 0 radical (unpaired) electrons. The zero-order valence-corrected chi connectivity index (χ0v) is 20.3. The van der Waals surface area contributed by atoms with E-state index in [-0.39, 0.29) is 0 Å². The fourth-order valence-electron chi connectivity index (χ4n) is 4.60. The third-order valence-corrected chi connectivity index (χ3v) is 7.94. The Bertz CT molecular complexity index is 1630. The van der Waals surface area contributed by atoms with Gasteiger partial charge in [-0.1, -0.05) is 49.7 Å². The molecule has 0 fully saturated rings. The second-order valence-corrected chi connectivity index (χ2v) is 10.2. The Labute approximate surface area is 205 Å². The number of nitrogens with zero attached hydrogens (tertiary/aromatic N) is 3. The predicted octanol–water partition coefficient (Wildman–Crippen LogP) is 7.09. The lowest BCUT2D eigenvalue weighted by molar-refractivity contribution is 0.0327. The van der Waals surface area contributed by atoms with Crippen LogP contribution in [0.15, 0.2) is 42.5 Å². The number of aromatic nitrogens is 2. The number of hydrogen-bond acceptors (Lipinski definition) is 5. The summed E-state index contributed by atoms with van der Waals surface area (Å²) in [4.78, 5) is 8.26. The lowest BCUT2D eigenvalue weighted by atomic mass is 9.88. The molecular weight excluding hydrogens is 464 g/mol. The van der Waals surface area contributed by atoms with Gasteiger partial charge in [0.05, 0.1) is 54.5 Å². The molecule has 0 aliphatic carbocycles. The molecule has 5 rings (SSSR count). The molecule has 0 aliphatic heterocycles. The molecule has 5 nitrogen and oxygen atoms in total. The zero-order valence-electron chi connectivity index (χ0n) is 18.7. The van der Waals surface area contributed by atoms with Crippen LogP contribution in [-0.4, -0.2) is 20.7 Å². The van der Waals surface area contributed by atoms with E-state index in [2.05, 4.69) is 23.2 Å². The van der Waals surface area contributed by atoms with Gasteiger partial charge in [0.2, 0.25) is 0 Å². The van der Waals surface area contributed by atoms with Crippen molar-refractivity contribution in [2.75, 3.05) is 0 Å². The first-order chi connectivity index (χ1) is 16.4. The lowest BCUT2D eigenvalue weighted by Crippen LogP contribution is -2.29. The van der Waals surface area contributed by atoms with Crippen molar-refractivity contribution >= 4 is 54.8 Å². The summed E-state index contributed by atoms with van der Waals surface area (Å²) in [6.45, 7) is 4.01. The monoisotopic (exact) mass is 484 g/mol. The molecule has 0 saturated heterocycles. The van der Waals surface area contributed by atoms with Crippen LogP contribution in [0.3, 0.4) is 0 Å². The molecule has 3 aromatic carbocycles. The number of halogens is 1. The fraction of sp³-hybridized carbons (Fsp3) is 0.222. The fourth-order valence-corrected chi connectivity index (χ4v) is 5.84. The van der Waals surface area contributed by atoms with Gasteiger partial charge in [0.25, 0.3) is 0 Å². The van der Waals surface area contributed by atoms with E-state index in [9.17, 15) is 15.6 Å². The number of aromatic amines is 1. The van der Waals surface area contributed by atoms with Crippen LogP contribution < -0.4 is 0 Å². The van der Waals surface area contributed by atoms with E-state index in [0.29, 0.717) is 46.1 Å². The van der Waals surface area contributed by atoms with Crippen molar-refractivity contribution < 1.29 is 5.11 Å². The van der Waals surface area contributed by atoms with Crippen LogP contribution in [0, 0.1) is 22.7 Å². The number of nitriles is 2. The lowest BCUT2D eigenvalue weighted by Gasteiger charge is -2.25. The Balaban J connectivity index is 1.81. The van der Waals surface area contributed by atoms with Gasteiger partial charge in [-0.15, -0.1) is 11.3 Å². The van der Waals surface area contributed by atoms with Crippen LogP contribution in [0.5, 0.6) is 0 Å². The van der Waals surface area contributed by atoms with Gasteiger partial charge >= 0.3 is 0 Å². The summed E-state index contributed by atoms with van der Waals surface area (Å²) in [5, 5.41) is 33.2. The minimum Gasteiger partial charge on any atom is -0.390 e. The summed E-state index contributed by atoms with van der Waals surface area (Å²) in [6.07, 6.45) is 1.94. The van der Waals surface area contributed by atoms with E-state index < -0.39 is 5.60 Å². The van der Waals surface area contributed by atoms with Crippen molar-refractivity contribution in [3.05, 3.63) is 63.5 Å². The van der Waals surface area contributed by atoms with Crippen molar-refractivity contribution in [3.8, 4) is 23.5 Å². The van der Waals surface area contributed by atoms with Gasteiger partial charge in [0.15, 0.2) is 0 Å². The number of thiophene rings is 1. The SMILES string of the molecule is CCC(O)(CC)Cc1ccc2c(c1)c1cc(Cl)sc1c1[nH]c(-c3c(C#N)cccc3C#N)nc21. The minimum absolute atomic E-state index is 0.392. The first-order valence-corrected chi connectivity index (χ1v) is 12.3. The highest BCUT2D eigenvalue weighted by molar-refractivity contribution is 7.23. The second kappa shape index (κ2) is 8.42. The number of H-pyrrole nitrogens is 1. The highest BCUT2D eigenvalue weighted by atomic mass is 35.5. The molecule has 0 atom stereocenters. The van der Waals surface area contributed by atoms with Crippen molar-refractivity contribution in [1.29, 1.82) is 10.5 Å². The third kappa shape index (κ3) is 3.52. The van der Waals surface area contributed by atoms with Crippen molar-refractivity contribution in [2.24, 2.45) is 0 Å². The Morgan fingerprint density at radius 1 is 1.03 bits per heavy atom. The maximum atomic E-state index is 10.9. The molecule has 0 saturated carbocycles. The van der Waals surface area contributed by atoms with Crippen LogP contribution in [0.25, 0.3) is 43.3 Å². The number of nitrogens with one attached hydrogen (secondary N) is 1. The summed E-state index contributed by atoms with van der Waals surface area (Å²) in [5.41, 5.74) is 3.20. The molecule has 2 aromatic heterocycles. The van der Waals surface area contributed by atoms with Crippen LogP contribution in [0.4, 0.5) is 0 Å². The second-order valence-electron chi connectivity index (χ2n) is 8.54. The van der Waals surface area contributed by atoms with Crippen molar-refractivity contribution in [2.45, 2.75) is 38.7 Å². The van der Waals surface area contributed by atoms with Gasteiger partial charge in [-0.2, -0.15) is 10.5 Å². The summed E-state index contributed by atoms with van der Waals surface area (Å²) >= 11 is 7.92. The first-order valence-electron chi connectivity index (χ1n) is 11.1. The van der Waals surface area contributed by atoms with Gasteiger partial charge in [-0.05, 0) is 42.0 Å². The van der Waals surface area contributed by atoms with Crippen LogP contribution in [0.1, 0.15) is 43.4 Å². The summed E-state index contributed by atoms with van der Waals surface area (Å²) in [5.74, 6) is 0.484. The molecule has 0 amide bonds. The van der Waals surface area contributed by atoms with E-state index in [1.807, 2.05) is 32.0 Å². The third-order valence-electron chi connectivity index (χ3n) is 6.65. The maximum absolute atomic E-state index is 10.9. The number of imidazole rings is 1. The molecule has 0 spiro atoms. The molecule has 168 valence electrons. The van der Waals surface area contributed by atoms with E-state index in [4.69, 9.17) is 16.6 Å². The van der Waals surface area contributed by atoms with E-state index in [1.165, 1.54) is 11.3 Å². The van der Waals surface area contributed by atoms with E-state index in [1.54, 1.807) is 18.2 Å². The predicted molar refractivity (Wildman–Crippen MR) is 138 cm³/mol. The number of hydrogen-bond donors (Lipinski definition) is 2. The molecule has 7 heteroatoms. The summed E-state index contributed by atoms with van der Waals surface area (Å²) in [7, 11) is 0. The van der Waals surface area contributed by atoms with Gasteiger partial charge < -0.3 is 10.1 Å². The van der Waals surface area contributed by atoms with E-state index >= 15 is 0 Å².